The summed E-state index contributed by atoms with van der Waals surface area (Å²) in [6, 6.07) is 15.5. The van der Waals surface area contributed by atoms with Crippen molar-refractivity contribution in [1.82, 2.24) is 14.2 Å². The van der Waals surface area contributed by atoms with E-state index in [2.05, 4.69) is 9.88 Å². The number of hydrogen-bond acceptors (Lipinski definition) is 5. The summed E-state index contributed by atoms with van der Waals surface area (Å²) in [7, 11) is -3.58. The second-order valence-electron chi connectivity index (χ2n) is 7.74. The van der Waals surface area contributed by atoms with Crippen LogP contribution in [0.5, 0.6) is 0 Å². The lowest BCUT2D eigenvalue weighted by molar-refractivity contribution is 0.229. The molecule has 8 heteroatoms. The van der Waals surface area contributed by atoms with Gasteiger partial charge in [-0.05, 0) is 54.8 Å². The SMILES string of the molecule is O=S(=O)(c1ccc(CN(CCc2ccccn2)Cc2ccc(F)cc2)o1)N1CCCC1. The highest BCUT2D eigenvalue weighted by Crippen LogP contribution is 2.23. The Kier molecular flexibility index (Phi) is 6.80. The quantitative estimate of drug-likeness (QED) is 0.503. The number of hydrogen-bond donors (Lipinski definition) is 0. The molecule has 2 aromatic heterocycles. The third-order valence-electron chi connectivity index (χ3n) is 5.41. The van der Waals surface area contributed by atoms with E-state index >= 15 is 0 Å². The first-order valence-corrected chi connectivity index (χ1v) is 11.9. The van der Waals surface area contributed by atoms with Crippen LogP contribution in [0.1, 0.15) is 29.9 Å². The van der Waals surface area contributed by atoms with Gasteiger partial charge in [0.15, 0.2) is 0 Å². The van der Waals surface area contributed by atoms with Gasteiger partial charge in [0.25, 0.3) is 10.0 Å². The van der Waals surface area contributed by atoms with Crippen LogP contribution in [0.2, 0.25) is 0 Å². The molecule has 3 heterocycles. The van der Waals surface area contributed by atoms with Gasteiger partial charge in [-0.25, -0.2) is 12.8 Å². The molecular formula is C23H26FN3O3S. The van der Waals surface area contributed by atoms with Crippen LogP contribution in [-0.2, 0) is 29.5 Å². The first-order valence-electron chi connectivity index (χ1n) is 10.5. The summed E-state index contributed by atoms with van der Waals surface area (Å²) in [5.41, 5.74) is 1.95. The van der Waals surface area contributed by atoms with Gasteiger partial charge in [0.05, 0.1) is 6.54 Å². The first-order chi connectivity index (χ1) is 15.0. The minimum atomic E-state index is -3.58. The van der Waals surface area contributed by atoms with Crippen molar-refractivity contribution >= 4 is 10.0 Å². The van der Waals surface area contributed by atoms with Crippen LogP contribution in [0.3, 0.4) is 0 Å². The van der Waals surface area contributed by atoms with Crippen LogP contribution in [0.25, 0.3) is 0 Å². The van der Waals surface area contributed by atoms with Gasteiger partial charge in [0.2, 0.25) is 5.09 Å². The molecule has 1 fully saturated rings. The van der Waals surface area contributed by atoms with Crippen molar-refractivity contribution in [2.24, 2.45) is 0 Å². The summed E-state index contributed by atoms with van der Waals surface area (Å²) in [5, 5.41) is -0.00383. The maximum Gasteiger partial charge on any atom is 0.276 e. The van der Waals surface area contributed by atoms with Crippen molar-refractivity contribution in [3.05, 3.63) is 83.6 Å². The molecule has 31 heavy (non-hydrogen) atoms. The van der Waals surface area contributed by atoms with Gasteiger partial charge in [0, 0.05) is 44.5 Å². The summed E-state index contributed by atoms with van der Waals surface area (Å²) < 4.78 is 46.0. The van der Waals surface area contributed by atoms with Gasteiger partial charge in [-0.2, -0.15) is 4.31 Å². The number of aromatic nitrogens is 1. The van der Waals surface area contributed by atoms with E-state index in [9.17, 15) is 12.8 Å². The Balaban J connectivity index is 1.48. The molecule has 164 valence electrons. The Morgan fingerprint density at radius 2 is 1.77 bits per heavy atom. The summed E-state index contributed by atoms with van der Waals surface area (Å²) in [5.74, 6) is 0.312. The van der Waals surface area contributed by atoms with Crippen molar-refractivity contribution in [2.45, 2.75) is 37.4 Å². The van der Waals surface area contributed by atoms with Gasteiger partial charge in [0.1, 0.15) is 11.6 Å². The van der Waals surface area contributed by atoms with Gasteiger partial charge in [-0.15, -0.1) is 0 Å². The molecule has 0 unspecified atom stereocenters. The van der Waals surface area contributed by atoms with Crippen LogP contribution in [0.4, 0.5) is 4.39 Å². The number of rotatable bonds is 9. The largest absolute Gasteiger partial charge is 0.447 e. The lowest BCUT2D eigenvalue weighted by atomic mass is 10.2. The fourth-order valence-electron chi connectivity index (χ4n) is 3.74. The van der Waals surface area contributed by atoms with Crippen LogP contribution in [0.15, 0.2) is 70.3 Å². The maximum absolute atomic E-state index is 13.3. The van der Waals surface area contributed by atoms with E-state index in [4.69, 9.17) is 4.42 Å². The van der Waals surface area contributed by atoms with Crippen molar-refractivity contribution in [3.63, 3.8) is 0 Å². The Morgan fingerprint density at radius 3 is 2.48 bits per heavy atom. The molecule has 1 aliphatic rings. The Labute approximate surface area is 182 Å². The predicted octanol–water partition coefficient (Wildman–Crippen LogP) is 3.84. The molecule has 4 rings (SSSR count). The number of benzene rings is 1. The molecule has 0 saturated carbocycles. The average molecular weight is 444 g/mol. The first kappa shape index (κ1) is 21.7. The highest BCUT2D eigenvalue weighted by atomic mass is 32.2. The molecule has 1 aromatic carbocycles. The molecule has 0 amide bonds. The molecule has 0 radical (unpaired) electrons. The normalized spacial score (nSPS) is 15.0. The number of furan rings is 1. The average Bonchev–Trinajstić information content (AvgIpc) is 3.47. The molecule has 3 aromatic rings. The zero-order valence-corrected chi connectivity index (χ0v) is 18.1. The summed E-state index contributed by atoms with van der Waals surface area (Å²) in [6.45, 7) is 2.81. The minimum Gasteiger partial charge on any atom is -0.447 e. The third kappa shape index (κ3) is 5.58. The maximum atomic E-state index is 13.3. The third-order valence-corrected chi connectivity index (χ3v) is 7.18. The number of sulfonamides is 1. The predicted molar refractivity (Wildman–Crippen MR) is 115 cm³/mol. The summed E-state index contributed by atoms with van der Waals surface area (Å²) in [4.78, 5) is 6.52. The highest BCUT2D eigenvalue weighted by Gasteiger charge is 2.30. The molecular weight excluding hydrogens is 417 g/mol. The van der Waals surface area contributed by atoms with Crippen LogP contribution in [-0.4, -0.2) is 42.2 Å². The molecule has 0 N–H and O–H groups in total. The van der Waals surface area contributed by atoms with Gasteiger partial charge in [-0.1, -0.05) is 18.2 Å². The van der Waals surface area contributed by atoms with E-state index in [1.165, 1.54) is 22.5 Å². The van der Waals surface area contributed by atoms with E-state index in [0.29, 0.717) is 38.5 Å². The van der Waals surface area contributed by atoms with Crippen LogP contribution in [0, 0.1) is 5.82 Å². The second kappa shape index (κ2) is 9.72. The van der Waals surface area contributed by atoms with Crippen molar-refractivity contribution in [2.75, 3.05) is 19.6 Å². The van der Waals surface area contributed by atoms with Crippen LogP contribution < -0.4 is 0 Å². The van der Waals surface area contributed by atoms with Crippen molar-refractivity contribution in [1.29, 1.82) is 0 Å². The minimum absolute atomic E-state index is 0.00383. The number of halogens is 1. The standard InChI is InChI=1S/C23H26FN3O3S/c24-20-8-6-19(7-9-20)17-26(16-12-21-5-1-2-13-25-21)18-22-10-11-23(30-22)31(28,29)27-14-3-4-15-27/h1-2,5-11,13H,3-4,12,14-18H2. The molecule has 6 nitrogen and oxygen atoms in total. The fraction of sp³-hybridized carbons (Fsp3) is 0.348. The van der Waals surface area contributed by atoms with E-state index in [1.54, 1.807) is 24.4 Å². The second-order valence-corrected chi connectivity index (χ2v) is 9.61. The lowest BCUT2D eigenvalue weighted by Crippen LogP contribution is -2.27. The molecule has 0 bridgehead atoms. The van der Waals surface area contributed by atoms with Crippen molar-refractivity contribution in [3.8, 4) is 0 Å². The van der Waals surface area contributed by atoms with Crippen LogP contribution >= 0.6 is 0 Å². The van der Waals surface area contributed by atoms with E-state index in [-0.39, 0.29) is 10.9 Å². The van der Waals surface area contributed by atoms with E-state index in [0.717, 1.165) is 30.5 Å². The fourth-order valence-corrected chi connectivity index (χ4v) is 5.18. The number of nitrogens with zero attached hydrogens (tertiary/aromatic N) is 3. The van der Waals surface area contributed by atoms with Gasteiger partial charge < -0.3 is 4.42 Å². The lowest BCUT2D eigenvalue weighted by Gasteiger charge is -2.21. The Hall–Kier alpha value is -2.55. The smallest absolute Gasteiger partial charge is 0.276 e. The zero-order valence-electron chi connectivity index (χ0n) is 17.3. The molecule has 1 saturated heterocycles. The van der Waals surface area contributed by atoms with E-state index in [1.807, 2.05) is 18.2 Å². The van der Waals surface area contributed by atoms with E-state index < -0.39 is 10.0 Å². The number of pyridine rings is 1. The monoisotopic (exact) mass is 443 g/mol. The van der Waals surface area contributed by atoms with Crippen molar-refractivity contribution < 1.29 is 17.2 Å². The molecule has 0 spiro atoms. The summed E-state index contributed by atoms with van der Waals surface area (Å²) >= 11 is 0. The zero-order chi connectivity index (χ0) is 21.7. The highest BCUT2D eigenvalue weighted by molar-refractivity contribution is 7.89. The topological polar surface area (TPSA) is 66.7 Å². The summed E-state index contributed by atoms with van der Waals surface area (Å²) in [6.07, 6.45) is 4.26. The molecule has 1 aliphatic heterocycles. The Morgan fingerprint density at radius 1 is 1.00 bits per heavy atom. The molecule has 0 atom stereocenters. The van der Waals surface area contributed by atoms with Gasteiger partial charge >= 0.3 is 0 Å². The Bertz CT molecular complexity index is 1080. The van der Waals surface area contributed by atoms with Gasteiger partial charge in [-0.3, -0.25) is 9.88 Å². The molecule has 0 aliphatic carbocycles.